The van der Waals surface area contributed by atoms with Gasteiger partial charge in [-0.05, 0) is 26.0 Å². The van der Waals surface area contributed by atoms with Crippen molar-refractivity contribution in [2.45, 2.75) is 19.9 Å². The minimum atomic E-state index is -0.389. The molecule has 20 heavy (non-hydrogen) atoms. The van der Waals surface area contributed by atoms with Crippen LogP contribution in [-0.4, -0.2) is 4.92 Å². The lowest BCUT2D eigenvalue weighted by Crippen LogP contribution is -2.06. The van der Waals surface area contributed by atoms with Gasteiger partial charge in [0.25, 0.3) is 5.69 Å². The first-order chi connectivity index (χ1) is 9.38. The monoisotopic (exact) mass is 330 g/mol. The second-order valence-corrected chi connectivity index (χ2v) is 6.69. The molecule has 0 radical (unpaired) electrons. The third-order valence-electron chi connectivity index (χ3n) is 2.94. The van der Waals surface area contributed by atoms with E-state index in [1.165, 1.54) is 17.4 Å². The summed E-state index contributed by atoms with van der Waals surface area (Å²) in [5.41, 5.74) is 2.28. The lowest BCUT2D eigenvalue weighted by molar-refractivity contribution is -0.385. The number of nitro benzene ring substituents is 1. The number of nitrogens with zero attached hydrogens (tertiary/aromatic N) is 1. The van der Waals surface area contributed by atoms with Gasteiger partial charge in [0.1, 0.15) is 0 Å². The number of hydrogen-bond acceptors (Lipinski definition) is 4. The summed E-state index contributed by atoms with van der Waals surface area (Å²) in [4.78, 5) is 10.5. The van der Waals surface area contributed by atoms with Gasteiger partial charge in [0.2, 0.25) is 0 Å². The van der Waals surface area contributed by atoms with Crippen LogP contribution in [0.3, 0.4) is 0 Å². The van der Waals surface area contributed by atoms with Crippen LogP contribution in [0.25, 0.3) is 0 Å². The first-order valence-corrected chi connectivity index (χ1v) is 7.42. The van der Waals surface area contributed by atoms with E-state index in [0.717, 1.165) is 5.56 Å². The van der Waals surface area contributed by atoms with Gasteiger partial charge in [-0.25, -0.2) is 0 Å². The number of anilines is 1. The Hall–Kier alpha value is -1.30. The largest absolute Gasteiger partial charge is 0.378 e. The van der Waals surface area contributed by atoms with Crippen molar-refractivity contribution < 1.29 is 4.92 Å². The molecule has 1 aromatic heterocycles. The summed E-state index contributed by atoms with van der Waals surface area (Å²) >= 11 is 13.3. The highest BCUT2D eigenvalue weighted by atomic mass is 35.5. The van der Waals surface area contributed by atoms with E-state index in [1.54, 1.807) is 25.1 Å². The number of halogens is 2. The summed E-state index contributed by atoms with van der Waals surface area (Å²) in [6, 6.07) is 6.76. The molecule has 0 aliphatic heterocycles. The Morgan fingerprint density at radius 3 is 2.60 bits per heavy atom. The van der Waals surface area contributed by atoms with Gasteiger partial charge in [0.15, 0.2) is 0 Å². The molecule has 0 saturated heterocycles. The SMILES string of the molecule is Cc1ccc(NC(C)c2cc(Cl)sc2Cl)cc1[N+](=O)[O-]. The predicted octanol–water partition coefficient (Wildman–Crippen LogP) is 5.44. The maximum atomic E-state index is 10.9. The normalized spacial score (nSPS) is 12.2. The maximum absolute atomic E-state index is 10.9. The molecule has 1 N–H and O–H groups in total. The van der Waals surface area contributed by atoms with Crippen LogP contribution in [0, 0.1) is 17.0 Å². The van der Waals surface area contributed by atoms with Gasteiger partial charge in [-0.1, -0.05) is 29.3 Å². The van der Waals surface area contributed by atoms with Crippen molar-refractivity contribution >= 4 is 45.9 Å². The van der Waals surface area contributed by atoms with Crippen molar-refractivity contribution in [1.82, 2.24) is 0 Å². The molecule has 0 saturated carbocycles. The second-order valence-electron chi connectivity index (χ2n) is 4.40. The van der Waals surface area contributed by atoms with Crippen LogP contribution in [-0.2, 0) is 0 Å². The van der Waals surface area contributed by atoms with Gasteiger partial charge in [-0.2, -0.15) is 0 Å². The van der Waals surface area contributed by atoms with Crippen LogP contribution >= 0.6 is 34.5 Å². The smallest absolute Gasteiger partial charge is 0.274 e. The summed E-state index contributed by atoms with van der Waals surface area (Å²) in [5, 5.41) is 14.1. The van der Waals surface area contributed by atoms with Crippen LogP contribution in [0.4, 0.5) is 11.4 Å². The van der Waals surface area contributed by atoms with E-state index < -0.39 is 0 Å². The number of nitro groups is 1. The van der Waals surface area contributed by atoms with E-state index in [9.17, 15) is 10.1 Å². The Kier molecular flexibility index (Phi) is 4.52. The van der Waals surface area contributed by atoms with Crippen LogP contribution in [0.15, 0.2) is 24.3 Å². The fourth-order valence-corrected chi connectivity index (χ4v) is 3.52. The van der Waals surface area contributed by atoms with Crippen molar-refractivity contribution in [1.29, 1.82) is 0 Å². The number of nitrogens with one attached hydrogen (secondary N) is 1. The molecule has 2 aromatic rings. The summed E-state index contributed by atoms with van der Waals surface area (Å²) in [6.45, 7) is 3.64. The average molecular weight is 331 g/mol. The molecular formula is C13H12Cl2N2O2S. The number of hydrogen-bond donors (Lipinski definition) is 1. The highest BCUT2D eigenvalue weighted by Gasteiger charge is 2.15. The zero-order valence-corrected chi connectivity index (χ0v) is 13.1. The van der Waals surface area contributed by atoms with Gasteiger partial charge in [0.05, 0.1) is 19.6 Å². The van der Waals surface area contributed by atoms with Crippen molar-refractivity contribution in [3.63, 3.8) is 0 Å². The molecule has 1 heterocycles. The molecule has 0 aliphatic carbocycles. The molecule has 0 spiro atoms. The zero-order valence-electron chi connectivity index (χ0n) is 10.8. The number of rotatable bonds is 4. The van der Waals surface area contributed by atoms with E-state index in [2.05, 4.69) is 5.32 Å². The first-order valence-electron chi connectivity index (χ1n) is 5.85. The van der Waals surface area contributed by atoms with Gasteiger partial charge < -0.3 is 5.32 Å². The van der Waals surface area contributed by atoms with Crippen molar-refractivity contribution in [2.24, 2.45) is 0 Å². The molecule has 0 fully saturated rings. The van der Waals surface area contributed by atoms with Crippen molar-refractivity contribution in [2.75, 3.05) is 5.32 Å². The van der Waals surface area contributed by atoms with Gasteiger partial charge >= 0.3 is 0 Å². The Morgan fingerprint density at radius 2 is 2.05 bits per heavy atom. The van der Waals surface area contributed by atoms with Gasteiger partial charge in [-0.15, -0.1) is 11.3 Å². The van der Waals surface area contributed by atoms with Crippen LogP contribution in [0.1, 0.15) is 24.1 Å². The lowest BCUT2D eigenvalue weighted by Gasteiger charge is -2.15. The first kappa shape index (κ1) is 15.1. The van der Waals surface area contributed by atoms with Crippen molar-refractivity contribution in [3.8, 4) is 0 Å². The Balaban J connectivity index is 2.24. The number of thiophene rings is 1. The molecule has 1 atom stereocenters. The number of aryl methyl sites for hydroxylation is 1. The molecule has 1 unspecified atom stereocenters. The summed E-state index contributed by atoms with van der Waals surface area (Å²) < 4.78 is 1.24. The molecular weight excluding hydrogens is 319 g/mol. The Bertz CT molecular complexity index is 658. The van der Waals surface area contributed by atoms with Crippen LogP contribution in [0.5, 0.6) is 0 Å². The van der Waals surface area contributed by atoms with Crippen LogP contribution < -0.4 is 5.32 Å². The van der Waals surface area contributed by atoms with Crippen LogP contribution in [0.2, 0.25) is 8.67 Å². The average Bonchev–Trinajstić information content (AvgIpc) is 2.70. The zero-order chi connectivity index (χ0) is 14.9. The standard InChI is InChI=1S/C13H12Cl2N2O2S/c1-7-3-4-9(5-11(7)17(18)19)16-8(2)10-6-12(14)20-13(10)15/h3-6,8,16H,1-2H3. The van der Waals surface area contributed by atoms with E-state index in [0.29, 0.717) is 19.9 Å². The highest BCUT2D eigenvalue weighted by molar-refractivity contribution is 7.20. The molecule has 2 rings (SSSR count). The Morgan fingerprint density at radius 1 is 1.35 bits per heavy atom. The Labute approximate surface area is 130 Å². The third kappa shape index (κ3) is 3.23. The van der Waals surface area contributed by atoms with Gasteiger partial charge in [0, 0.05) is 22.9 Å². The summed E-state index contributed by atoms with van der Waals surface area (Å²) in [6.07, 6.45) is 0. The molecule has 4 nitrogen and oxygen atoms in total. The maximum Gasteiger partial charge on any atom is 0.274 e. The highest BCUT2D eigenvalue weighted by Crippen LogP contribution is 2.36. The number of benzene rings is 1. The van der Waals surface area contributed by atoms with E-state index in [1.807, 2.05) is 6.92 Å². The van der Waals surface area contributed by atoms with E-state index in [-0.39, 0.29) is 16.7 Å². The summed E-state index contributed by atoms with van der Waals surface area (Å²) in [7, 11) is 0. The van der Waals surface area contributed by atoms with E-state index >= 15 is 0 Å². The predicted molar refractivity (Wildman–Crippen MR) is 84.2 cm³/mol. The minimum Gasteiger partial charge on any atom is -0.378 e. The molecule has 0 amide bonds. The van der Waals surface area contributed by atoms with Crippen molar-refractivity contribution in [3.05, 3.63) is 54.2 Å². The third-order valence-corrected chi connectivity index (χ3v) is 4.46. The molecule has 1 aromatic carbocycles. The van der Waals surface area contributed by atoms with E-state index in [4.69, 9.17) is 23.2 Å². The molecule has 106 valence electrons. The fraction of sp³-hybridized carbons (Fsp3) is 0.231. The molecule has 7 heteroatoms. The summed E-state index contributed by atoms with van der Waals surface area (Å²) in [5.74, 6) is 0. The quantitative estimate of drug-likeness (QED) is 0.599. The molecule has 0 bridgehead atoms. The second kappa shape index (κ2) is 5.99. The fourth-order valence-electron chi connectivity index (χ4n) is 1.87. The van der Waals surface area contributed by atoms with Gasteiger partial charge in [-0.3, -0.25) is 10.1 Å². The lowest BCUT2D eigenvalue weighted by atomic mass is 10.1. The topological polar surface area (TPSA) is 55.2 Å². The minimum absolute atomic E-state index is 0.0893. The molecule has 0 aliphatic rings.